The van der Waals surface area contributed by atoms with E-state index in [0.29, 0.717) is 31.9 Å². The van der Waals surface area contributed by atoms with Crippen molar-refractivity contribution < 1.29 is 14.0 Å². The molecule has 0 radical (unpaired) electrons. The predicted octanol–water partition coefficient (Wildman–Crippen LogP) is 4.42. The number of nitrogens with zero attached hydrogens (tertiary/aromatic N) is 3. The van der Waals surface area contributed by atoms with Crippen molar-refractivity contribution in [3.63, 3.8) is 0 Å². The van der Waals surface area contributed by atoms with Gasteiger partial charge in [-0.25, -0.2) is 14.2 Å². The molecule has 0 atom stereocenters. The lowest BCUT2D eigenvalue weighted by Gasteiger charge is -2.34. The maximum Gasteiger partial charge on any atom is 0.321 e. The molecule has 3 amide bonds. The number of amides is 3. The van der Waals surface area contributed by atoms with Crippen LogP contribution in [-0.2, 0) is 4.79 Å². The fourth-order valence-corrected chi connectivity index (χ4v) is 4.91. The molecule has 1 aliphatic rings. The average Bonchev–Trinajstić information content (AvgIpc) is 3.28. The minimum atomic E-state index is -0.281. The van der Waals surface area contributed by atoms with Crippen LogP contribution in [0.5, 0.6) is 0 Å². The molecule has 1 saturated heterocycles. The van der Waals surface area contributed by atoms with E-state index in [0.717, 1.165) is 21.3 Å². The summed E-state index contributed by atoms with van der Waals surface area (Å²) in [4.78, 5) is 33.0. The summed E-state index contributed by atoms with van der Waals surface area (Å²) < 4.78 is 13.9. The zero-order chi connectivity index (χ0) is 21.6. The van der Waals surface area contributed by atoms with Gasteiger partial charge in [0.1, 0.15) is 5.82 Å². The smallest absolute Gasteiger partial charge is 0.321 e. The summed E-state index contributed by atoms with van der Waals surface area (Å²) in [5, 5.41) is 4.78. The van der Waals surface area contributed by atoms with Crippen LogP contribution in [0.1, 0.15) is 0 Å². The largest absolute Gasteiger partial charge is 0.338 e. The van der Waals surface area contributed by atoms with Crippen molar-refractivity contribution in [2.24, 2.45) is 0 Å². The molecule has 0 aliphatic carbocycles. The van der Waals surface area contributed by atoms with Crippen LogP contribution in [0.3, 0.4) is 0 Å². The summed E-state index contributed by atoms with van der Waals surface area (Å²) in [6.45, 7) is 2.03. The zero-order valence-electron chi connectivity index (χ0n) is 16.7. The first-order valence-electron chi connectivity index (χ1n) is 9.81. The molecule has 2 heterocycles. The van der Waals surface area contributed by atoms with Crippen molar-refractivity contribution in [2.45, 2.75) is 4.34 Å². The van der Waals surface area contributed by atoms with Gasteiger partial charge in [-0.2, -0.15) is 0 Å². The topological polar surface area (TPSA) is 65.5 Å². The van der Waals surface area contributed by atoms with Crippen molar-refractivity contribution >= 4 is 40.7 Å². The van der Waals surface area contributed by atoms with Crippen LogP contribution in [0.15, 0.2) is 64.3 Å². The van der Waals surface area contributed by atoms with Gasteiger partial charge in [-0.05, 0) is 36.4 Å². The molecule has 2 aromatic carbocycles. The Labute approximate surface area is 188 Å². The summed E-state index contributed by atoms with van der Waals surface area (Å²) >= 11 is 2.87. The van der Waals surface area contributed by atoms with Crippen LogP contribution in [0.25, 0.3) is 11.3 Å². The highest BCUT2D eigenvalue weighted by Gasteiger charge is 2.24. The van der Waals surface area contributed by atoms with E-state index < -0.39 is 0 Å². The standard InChI is InChI=1S/C22H21FN4O2S2/c23-17-8-6-16(7-9-17)19-14-30-22(25-19)31-15-20(28)26-10-12-27(13-11-26)21(29)24-18-4-2-1-3-5-18/h1-9,14H,10-13,15H2,(H,24,29). The van der Waals surface area contributed by atoms with Crippen LogP contribution >= 0.6 is 23.1 Å². The first-order chi connectivity index (χ1) is 15.1. The molecule has 160 valence electrons. The van der Waals surface area contributed by atoms with Crippen molar-refractivity contribution in [3.05, 3.63) is 65.8 Å². The van der Waals surface area contributed by atoms with E-state index in [1.165, 1.54) is 35.2 Å². The number of thiazole rings is 1. The Hall–Kier alpha value is -2.91. The van der Waals surface area contributed by atoms with Gasteiger partial charge in [0.05, 0.1) is 11.4 Å². The number of carbonyl (C=O) groups is 2. The molecule has 9 heteroatoms. The van der Waals surface area contributed by atoms with E-state index >= 15 is 0 Å². The van der Waals surface area contributed by atoms with Crippen LogP contribution in [0, 0.1) is 5.82 Å². The number of piperazine rings is 1. The predicted molar refractivity (Wildman–Crippen MR) is 122 cm³/mol. The molecule has 6 nitrogen and oxygen atoms in total. The van der Waals surface area contributed by atoms with Gasteiger partial charge in [0, 0.05) is 42.8 Å². The highest BCUT2D eigenvalue weighted by atomic mass is 32.2. The number of hydrogen-bond donors (Lipinski definition) is 1. The second-order valence-electron chi connectivity index (χ2n) is 6.96. The molecule has 1 N–H and O–H groups in total. The van der Waals surface area contributed by atoms with E-state index in [4.69, 9.17) is 0 Å². The summed E-state index contributed by atoms with van der Waals surface area (Å²) in [5.74, 6) is 0.0514. The Bertz CT molecular complexity index is 1040. The van der Waals surface area contributed by atoms with Crippen LogP contribution < -0.4 is 5.32 Å². The van der Waals surface area contributed by atoms with Gasteiger partial charge in [0.25, 0.3) is 0 Å². The molecule has 1 aromatic heterocycles. The normalized spacial score (nSPS) is 13.8. The highest BCUT2D eigenvalue weighted by molar-refractivity contribution is 8.01. The molecular weight excluding hydrogens is 435 g/mol. The van der Waals surface area contributed by atoms with E-state index in [-0.39, 0.29) is 17.8 Å². The lowest BCUT2D eigenvalue weighted by molar-refractivity contribution is -0.129. The molecule has 0 bridgehead atoms. The number of rotatable bonds is 5. The first-order valence-corrected chi connectivity index (χ1v) is 11.7. The Morgan fingerprint density at radius 1 is 1.00 bits per heavy atom. The molecule has 0 saturated carbocycles. The van der Waals surface area contributed by atoms with E-state index in [2.05, 4.69) is 10.3 Å². The molecular formula is C22H21FN4O2S2. The fraction of sp³-hybridized carbons (Fsp3) is 0.227. The van der Waals surface area contributed by atoms with Crippen LogP contribution in [0.4, 0.5) is 14.9 Å². The monoisotopic (exact) mass is 456 g/mol. The molecule has 1 aliphatic heterocycles. The third-order valence-electron chi connectivity index (χ3n) is 4.89. The van der Waals surface area contributed by atoms with Crippen molar-refractivity contribution in [2.75, 3.05) is 37.2 Å². The Kier molecular flexibility index (Phi) is 6.83. The Morgan fingerprint density at radius 2 is 1.68 bits per heavy atom. The molecule has 3 aromatic rings. The van der Waals surface area contributed by atoms with E-state index in [1.807, 2.05) is 35.7 Å². The maximum atomic E-state index is 13.1. The molecule has 0 spiro atoms. The van der Waals surface area contributed by atoms with Crippen molar-refractivity contribution in [1.29, 1.82) is 0 Å². The van der Waals surface area contributed by atoms with Gasteiger partial charge in [0.2, 0.25) is 5.91 Å². The van der Waals surface area contributed by atoms with Gasteiger partial charge in [-0.3, -0.25) is 4.79 Å². The van der Waals surface area contributed by atoms with E-state index in [1.54, 1.807) is 21.9 Å². The zero-order valence-corrected chi connectivity index (χ0v) is 18.3. The molecule has 31 heavy (non-hydrogen) atoms. The molecule has 1 fully saturated rings. The number of hydrogen-bond acceptors (Lipinski definition) is 5. The first kappa shape index (κ1) is 21.3. The molecule has 0 unspecified atom stereocenters. The minimum Gasteiger partial charge on any atom is -0.338 e. The van der Waals surface area contributed by atoms with Gasteiger partial charge < -0.3 is 15.1 Å². The van der Waals surface area contributed by atoms with Crippen molar-refractivity contribution in [3.8, 4) is 11.3 Å². The lowest BCUT2D eigenvalue weighted by Crippen LogP contribution is -2.52. The van der Waals surface area contributed by atoms with E-state index in [9.17, 15) is 14.0 Å². The number of benzene rings is 2. The van der Waals surface area contributed by atoms with Crippen LogP contribution in [0.2, 0.25) is 0 Å². The number of para-hydroxylation sites is 1. The quantitative estimate of drug-likeness (QED) is 0.578. The minimum absolute atomic E-state index is 0.0339. The maximum absolute atomic E-state index is 13.1. The number of nitrogens with one attached hydrogen (secondary N) is 1. The summed E-state index contributed by atoms with van der Waals surface area (Å²) in [5.41, 5.74) is 2.38. The third kappa shape index (κ3) is 5.62. The summed E-state index contributed by atoms with van der Waals surface area (Å²) in [6, 6.07) is 15.4. The van der Waals surface area contributed by atoms with Gasteiger partial charge in [-0.1, -0.05) is 30.0 Å². The second-order valence-corrected chi connectivity index (χ2v) is 9.04. The average molecular weight is 457 g/mol. The van der Waals surface area contributed by atoms with Crippen molar-refractivity contribution in [1.82, 2.24) is 14.8 Å². The number of halogens is 1. The van der Waals surface area contributed by atoms with Crippen LogP contribution in [-0.4, -0.2) is 58.7 Å². The number of thioether (sulfide) groups is 1. The number of urea groups is 1. The van der Waals surface area contributed by atoms with Gasteiger partial charge in [-0.15, -0.1) is 11.3 Å². The Morgan fingerprint density at radius 3 is 2.39 bits per heavy atom. The Balaban J connectivity index is 1.23. The SMILES string of the molecule is O=C(CSc1nc(-c2ccc(F)cc2)cs1)N1CCN(C(=O)Nc2ccccc2)CC1. The summed E-state index contributed by atoms with van der Waals surface area (Å²) in [6.07, 6.45) is 0. The fourth-order valence-electron chi connectivity index (χ4n) is 3.17. The van der Waals surface area contributed by atoms with Gasteiger partial charge in [0.15, 0.2) is 4.34 Å². The summed E-state index contributed by atoms with van der Waals surface area (Å²) in [7, 11) is 0. The third-order valence-corrected chi connectivity index (χ3v) is 6.89. The number of aromatic nitrogens is 1. The lowest BCUT2D eigenvalue weighted by atomic mass is 10.2. The highest BCUT2D eigenvalue weighted by Crippen LogP contribution is 2.28. The van der Waals surface area contributed by atoms with Gasteiger partial charge >= 0.3 is 6.03 Å². The molecule has 4 rings (SSSR count). The second kappa shape index (κ2) is 9.93. The number of anilines is 1. The number of carbonyl (C=O) groups excluding carboxylic acids is 2.